The van der Waals surface area contributed by atoms with Crippen LogP contribution in [-0.4, -0.2) is 54.8 Å². The molecule has 5 nitrogen and oxygen atoms in total. The Morgan fingerprint density at radius 3 is 2.59 bits per heavy atom. The molecule has 2 aliphatic rings. The minimum atomic E-state index is -0.229. The monoisotopic (exact) mass is 411 g/mol. The summed E-state index contributed by atoms with van der Waals surface area (Å²) in [6.07, 6.45) is 2.04. The summed E-state index contributed by atoms with van der Waals surface area (Å²) in [6.45, 7) is 5.54. The minimum absolute atomic E-state index is 0.104. The van der Waals surface area contributed by atoms with Crippen molar-refractivity contribution in [2.24, 2.45) is 5.92 Å². The fourth-order valence-corrected chi connectivity index (χ4v) is 5.33. The number of amides is 2. The highest BCUT2D eigenvalue weighted by Gasteiger charge is 2.43. The Morgan fingerprint density at radius 2 is 1.86 bits per heavy atom. The largest absolute Gasteiger partial charge is 0.341 e. The number of carbonyl (C=O) groups excluding carboxylic acids is 2. The summed E-state index contributed by atoms with van der Waals surface area (Å²) in [4.78, 5) is 33.9. The normalized spacial score (nSPS) is 23.9. The van der Waals surface area contributed by atoms with Gasteiger partial charge in [0.1, 0.15) is 0 Å². The predicted octanol–water partition coefficient (Wildman–Crippen LogP) is 3.70. The highest BCUT2D eigenvalue weighted by molar-refractivity contribution is 7.10. The van der Waals surface area contributed by atoms with Gasteiger partial charge in [0.15, 0.2) is 0 Å². The summed E-state index contributed by atoms with van der Waals surface area (Å²) in [5.41, 5.74) is 2.04. The number of anilines is 1. The third kappa shape index (κ3) is 4.23. The van der Waals surface area contributed by atoms with Gasteiger partial charge in [-0.05, 0) is 56.9 Å². The molecule has 4 rings (SSSR count). The number of piperidine rings is 1. The highest BCUT2D eigenvalue weighted by atomic mass is 32.1. The van der Waals surface area contributed by atoms with Crippen molar-refractivity contribution in [3.05, 3.63) is 52.2 Å². The fraction of sp³-hybridized carbons (Fsp3) is 0.478. The van der Waals surface area contributed by atoms with Gasteiger partial charge in [-0.1, -0.05) is 23.8 Å². The molecule has 2 aromatic rings. The van der Waals surface area contributed by atoms with Gasteiger partial charge in [-0.25, -0.2) is 0 Å². The van der Waals surface area contributed by atoms with Crippen LogP contribution in [0.1, 0.15) is 35.7 Å². The number of nitrogens with zero attached hydrogens (tertiary/aromatic N) is 3. The van der Waals surface area contributed by atoms with Crippen molar-refractivity contribution < 1.29 is 9.59 Å². The standard InChI is InChI=1S/C23H29N3O2S/c1-17-6-8-18(9-7-17)26-21(27)11-10-19(22(26)20-5-3-16-29-20)23(28)25-13-4-12-24(2)14-15-25/h3,5-9,16,19,22H,4,10-15H2,1-2H3. The summed E-state index contributed by atoms with van der Waals surface area (Å²) in [5, 5.41) is 2.03. The van der Waals surface area contributed by atoms with Gasteiger partial charge in [0.2, 0.25) is 11.8 Å². The van der Waals surface area contributed by atoms with Crippen molar-refractivity contribution in [2.75, 3.05) is 38.1 Å². The van der Waals surface area contributed by atoms with E-state index in [9.17, 15) is 9.59 Å². The van der Waals surface area contributed by atoms with Gasteiger partial charge in [0, 0.05) is 36.6 Å². The molecule has 2 unspecified atom stereocenters. The molecule has 0 radical (unpaired) electrons. The fourth-order valence-electron chi connectivity index (χ4n) is 4.45. The summed E-state index contributed by atoms with van der Waals surface area (Å²) in [5.74, 6) is 0.103. The molecule has 0 spiro atoms. The third-order valence-electron chi connectivity index (χ3n) is 6.09. The van der Waals surface area contributed by atoms with E-state index in [1.165, 1.54) is 0 Å². The molecule has 2 atom stereocenters. The van der Waals surface area contributed by atoms with E-state index in [4.69, 9.17) is 0 Å². The zero-order chi connectivity index (χ0) is 20.4. The van der Waals surface area contributed by atoms with E-state index in [1.807, 2.05) is 52.4 Å². The first-order valence-electron chi connectivity index (χ1n) is 10.4. The summed E-state index contributed by atoms with van der Waals surface area (Å²) < 4.78 is 0. The average molecular weight is 412 g/mol. The van der Waals surface area contributed by atoms with Crippen LogP contribution in [0.2, 0.25) is 0 Å². The van der Waals surface area contributed by atoms with Crippen LogP contribution in [0.15, 0.2) is 41.8 Å². The molecule has 2 fully saturated rings. The number of hydrogen-bond acceptors (Lipinski definition) is 4. The Hall–Kier alpha value is -2.18. The van der Waals surface area contributed by atoms with Gasteiger partial charge >= 0.3 is 0 Å². The van der Waals surface area contributed by atoms with E-state index in [0.29, 0.717) is 12.8 Å². The molecular formula is C23H29N3O2S. The molecule has 154 valence electrons. The lowest BCUT2D eigenvalue weighted by atomic mass is 9.85. The molecule has 0 bridgehead atoms. The number of benzene rings is 1. The first-order chi connectivity index (χ1) is 14.0. The third-order valence-corrected chi connectivity index (χ3v) is 7.04. The maximum atomic E-state index is 13.6. The van der Waals surface area contributed by atoms with E-state index in [-0.39, 0.29) is 23.8 Å². The van der Waals surface area contributed by atoms with Crippen LogP contribution >= 0.6 is 11.3 Å². The lowest BCUT2D eigenvalue weighted by molar-refractivity contribution is -0.138. The maximum Gasteiger partial charge on any atom is 0.228 e. The lowest BCUT2D eigenvalue weighted by Gasteiger charge is -2.41. The zero-order valence-corrected chi connectivity index (χ0v) is 18.0. The number of aryl methyl sites for hydroxylation is 1. The van der Waals surface area contributed by atoms with Crippen molar-refractivity contribution >= 4 is 28.8 Å². The van der Waals surface area contributed by atoms with Crippen LogP contribution < -0.4 is 4.90 Å². The van der Waals surface area contributed by atoms with Crippen molar-refractivity contribution in [3.63, 3.8) is 0 Å². The van der Waals surface area contributed by atoms with Crippen LogP contribution in [0.3, 0.4) is 0 Å². The summed E-state index contributed by atoms with van der Waals surface area (Å²) in [7, 11) is 2.11. The van der Waals surface area contributed by atoms with Crippen molar-refractivity contribution in [3.8, 4) is 0 Å². The molecule has 1 aromatic heterocycles. The Balaban J connectivity index is 1.68. The number of hydrogen-bond donors (Lipinski definition) is 0. The first kappa shape index (κ1) is 20.1. The average Bonchev–Trinajstić information content (AvgIpc) is 3.16. The molecule has 0 N–H and O–H groups in total. The number of thiophene rings is 1. The molecule has 29 heavy (non-hydrogen) atoms. The molecule has 2 aliphatic heterocycles. The number of carbonyl (C=O) groups is 2. The maximum absolute atomic E-state index is 13.6. The summed E-state index contributed by atoms with van der Waals surface area (Å²) >= 11 is 1.63. The van der Waals surface area contributed by atoms with E-state index in [2.05, 4.69) is 18.0 Å². The second kappa shape index (κ2) is 8.67. The van der Waals surface area contributed by atoms with Crippen molar-refractivity contribution in [2.45, 2.75) is 32.2 Å². The SMILES string of the molecule is Cc1ccc(N2C(=O)CCC(C(=O)N3CCCN(C)CC3)C2c2cccs2)cc1. The van der Waals surface area contributed by atoms with Crippen LogP contribution in [0.4, 0.5) is 5.69 Å². The Labute approximate surface area is 176 Å². The van der Waals surface area contributed by atoms with E-state index in [0.717, 1.165) is 48.7 Å². The highest BCUT2D eigenvalue weighted by Crippen LogP contribution is 2.42. The van der Waals surface area contributed by atoms with Crippen LogP contribution in [0.5, 0.6) is 0 Å². The van der Waals surface area contributed by atoms with Gasteiger partial charge in [0.05, 0.1) is 12.0 Å². The second-order valence-electron chi connectivity index (χ2n) is 8.19. The molecule has 2 saturated heterocycles. The van der Waals surface area contributed by atoms with Gasteiger partial charge in [-0.2, -0.15) is 0 Å². The van der Waals surface area contributed by atoms with E-state index < -0.39 is 0 Å². The number of likely N-dealkylation sites (N-methyl/N-ethyl adjacent to an activating group) is 1. The molecule has 0 saturated carbocycles. The van der Waals surface area contributed by atoms with Crippen LogP contribution in [0.25, 0.3) is 0 Å². The quantitative estimate of drug-likeness (QED) is 0.773. The molecule has 3 heterocycles. The Kier molecular flexibility index (Phi) is 6.01. The Bertz CT molecular complexity index is 850. The van der Waals surface area contributed by atoms with E-state index in [1.54, 1.807) is 11.3 Å². The molecule has 1 aromatic carbocycles. The molecule has 2 amide bonds. The van der Waals surface area contributed by atoms with Gasteiger partial charge in [-0.3, -0.25) is 9.59 Å². The van der Waals surface area contributed by atoms with Crippen LogP contribution in [0, 0.1) is 12.8 Å². The van der Waals surface area contributed by atoms with E-state index >= 15 is 0 Å². The lowest BCUT2D eigenvalue weighted by Crippen LogP contribution is -2.49. The number of rotatable bonds is 3. The topological polar surface area (TPSA) is 43.9 Å². The molecular weight excluding hydrogens is 382 g/mol. The smallest absolute Gasteiger partial charge is 0.228 e. The van der Waals surface area contributed by atoms with Gasteiger partial charge in [0.25, 0.3) is 0 Å². The molecule has 0 aliphatic carbocycles. The first-order valence-corrected chi connectivity index (χ1v) is 11.3. The predicted molar refractivity (Wildman–Crippen MR) is 117 cm³/mol. The summed E-state index contributed by atoms with van der Waals surface area (Å²) in [6, 6.07) is 11.9. The zero-order valence-electron chi connectivity index (χ0n) is 17.2. The van der Waals surface area contributed by atoms with Crippen LogP contribution in [-0.2, 0) is 9.59 Å². The molecule has 6 heteroatoms. The minimum Gasteiger partial charge on any atom is -0.341 e. The van der Waals surface area contributed by atoms with Crippen molar-refractivity contribution in [1.82, 2.24) is 9.80 Å². The van der Waals surface area contributed by atoms with Crippen molar-refractivity contribution in [1.29, 1.82) is 0 Å². The van der Waals surface area contributed by atoms with Gasteiger partial charge < -0.3 is 14.7 Å². The van der Waals surface area contributed by atoms with Gasteiger partial charge in [-0.15, -0.1) is 11.3 Å². The second-order valence-corrected chi connectivity index (χ2v) is 9.17. The Morgan fingerprint density at radius 1 is 1.07 bits per heavy atom.